The van der Waals surface area contributed by atoms with Gasteiger partial charge in [0.2, 0.25) is 0 Å². The molecule has 4 aliphatic carbocycles. The van der Waals surface area contributed by atoms with E-state index in [9.17, 15) is 0 Å². The van der Waals surface area contributed by atoms with Gasteiger partial charge in [-0.25, -0.2) is 0 Å². The summed E-state index contributed by atoms with van der Waals surface area (Å²) in [5.41, 5.74) is 0.739. The number of hydrogen-bond donors (Lipinski definition) is 1. The Morgan fingerprint density at radius 2 is 1.56 bits per heavy atom. The fourth-order valence-electron chi connectivity index (χ4n) is 5.16. The molecule has 4 saturated carbocycles. The number of hydrogen-bond acceptors (Lipinski definition) is 1. The minimum atomic E-state index is 0.739. The Morgan fingerprint density at radius 3 is 2.06 bits per heavy atom. The summed E-state index contributed by atoms with van der Waals surface area (Å²) in [7, 11) is 0. The summed E-state index contributed by atoms with van der Waals surface area (Å²) in [6.07, 6.45) is 12.1. The zero-order chi connectivity index (χ0) is 11.0. The van der Waals surface area contributed by atoms with Crippen molar-refractivity contribution in [2.45, 2.75) is 58.3 Å². The van der Waals surface area contributed by atoms with E-state index in [4.69, 9.17) is 0 Å². The van der Waals surface area contributed by atoms with Crippen LogP contribution < -0.4 is 5.32 Å². The molecule has 0 atom stereocenters. The molecule has 4 aliphatic rings. The number of nitrogens with one attached hydrogen (secondary N) is 1. The second-order valence-corrected chi connectivity index (χ2v) is 6.95. The van der Waals surface area contributed by atoms with E-state index < -0.39 is 0 Å². The van der Waals surface area contributed by atoms with Gasteiger partial charge in [0, 0.05) is 6.54 Å². The zero-order valence-corrected chi connectivity index (χ0v) is 10.8. The molecule has 16 heavy (non-hydrogen) atoms. The molecule has 92 valence electrons. The van der Waals surface area contributed by atoms with Crippen LogP contribution in [0.1, 0.15) is 58.3 Å². The first-order valence-electron chi connectivity index (χ1n) is 7.50. The van der Waals surface area contributed by atoms with Gasteiger partial charge >= 0.3 is 0 Å². The van der Waals surface area contributed by atoms with Crippen molar-refractivity contribution in [3.05, 3.63) is 0 Å². The van der Waals surface area contributed by atoms with E-state index in [-0.39, 0.29) is 0 Å². The van der Waals surface area contributed by atoms with Gasteiger partial charge in [0.05, 0.1) is 0 Å². The molecule has 1 heteroatoms. The van der Waals surface area contributed by atoms with E-state index in [1.165, 1.54) is 25.9 Å². The molecule has 0 unspecified atom stereocenters. The lowest BCUT2D eigenvalue weighted by Gasteiger charge is -2.57. The summed E-state index contributed by atoms with van der Waals surface area (Å²) >= 11 is 0. The molecule has 0 aromatic rings. The maximum atomic E-state index is 3.74. The van der Waals surface area contributed by atoms with E-state index >= 15 is 0 Å². The van der Waals surface area contributed by atoms with Crippen molar-refractivity contribution in [3.8, 4) is 0 Å². The topological polar surface area (TPSA) is 12.0 Å². The van der Waals surface area contributed by atoms with Crippen LogP contribution in [0.5, 0.6) is 0 Å². The van der Waals surface area contributed by atoms with Gasteiger partial charge in [0.25, 0.3) is 0 Å². The van der Waals surface area contributed by atoms with Crippen molar-refractivity contribution in [1.29, 1.82) is 0 Å². The molecule has 0 heterocycles. The third-order valence-electron chi connectivity index (χ3n) is 5.37. The van der Waals surface area contributed by atoms with Crippen molar-refractivity contribution in [3.63, 3.8) is 0 Å². The molecule has 0 amide bonds. The van der Waals surface area contributed by atoms with Crippen molar-refractivity contribution in [2.24, 2.45) is 23.2 Å². The SMILES string of the molecule is CCCCNCC12CC3CC(CC(C3)C1)C2. The lowest BCUT2D eigenvalue weighted by molar-refractivity contribution is -0.0512. The van der Waals surface area contributed by atoms with Gasteiger partial charge in [0.15, 0.2) is 0 Å². The molecule has 0 radical (unpaired) electrons. The van der Waals surface area contributed by atoms with Crippen LogP contribution >= 0.6 is 0 Å². The lowest BCUT2D eigenvalue weighted by atomic mass is 9.49. The Balaban J connectivity index is 1.56. The summed E-state index contributed by atoms with van der Waals surface area (Å²) in [6.45, 7) is 4.86. The average molecular weight is 221 g/mol. The Labute approximate surface area is 100 Å². The predicted molar refractivity (Wildman–Crippen MR) is 68.4 cm³/mol. The highest BCUT2D eigenvalue weighted by molar-refractivity contribution is 5.02. The van der Waals surface area contributed by atoms with Crippen LogP contribution in [0, 0.1) is 23.2 Å². The van der Waals surface area contributed by atoms with Gasteiger partial charge < -0.3 is 5.32 Å². The average Bonchev–Trinajstić information content (AvgIpc) is 2.22. The van der Waals surface area contributed by atoms with Crippen LogP contribution in [0.25, 0.3) is 0 Å². The Kier molecular flexibility index (Phi) is 2.99. The quantitative estimate of drug-likeness (QED) is 0.700. The molecule has 0 spiro atoms. The molecule has 0 aromatic carbocycles. The van der Waals surface area contributed by atoms with Crippen LogP contribution in [-0.4, -0.2) is 13.1 Å². The summed E-state index contributed by atoms with van der Waals surface area (Å²) in [5, 5.41) is 3.74. The van der Waals surface area contributed by atoms with E-state index in [2.05, 4.69) is 12.2 Å². The second-order valence-electron chi connectivity index (χ2n) is 6.95. The Morgan fingerprint density at radius 1 is 1.00 bits per heavy atom. The molecule has 1 N–H and O–H groups in total. The van der Waals surface area contributed by atoms with Crippen molar-refractivity contribution >= 4 is 0 Å². The Hall–Kier alpha value is -0.0400. The van der Waals surface area contributed by atoms with Crippen LogP contribution in [-0.2, 0) is 0 Å². The third-order valence-corrected chi connectivity index (χ3v) is 5.37. The highest BCUT2D eigenvalue weighted by Gasteiger charge is 2.50. The van der Waals surface area contributed by atoms with Gasteiger partial charge in [-0.2, -0.15) is 0 Å². The first kappa shape index (κ1) is 11.1. The van der Waals surface area contributed by atoms with Gasteiger partial charge in [-0.1, -0.05) is 13.3 Å². The maximum Gasteiger partial charge on any atom is 0.000811 e. The molecule has 4 bridgehead atoms. The summed E-state index contributed by atoms with van der Waals surface area (Å²) < 4.78 is 0. The monoisotopic (exact) mass is 221 g/mol. The van der Waals surface area contributed by atoms with Crippen LogP contribution in [0.3, 0.4) is 0 Å². The van der Waals surface area contributed by atoms with Gasteiger partial charge in [-0.3, -0.25) is 0 Å². The van der Waals surface area contributed by atoms with Gasteiger partial charge in [-0.05, 0) is 74.7 Å². The fourth-order valence-corrected chi connectivity index (χ4v) is 5.16. The summed E-state index contributed by atoms with van der Waals surface area (Å²) in [4.78, 5) is 0. The highest BCUT2D eigenvalue weighted by atomic mass is 14.9. The summed E-state index contributed by atoms with van der Waals surface area (Å²) in [6, 6.07) is 0. The van der Waals surface area contributed by atoms with Gasteiger partial charge in [-0.15, -0.1) is 0 Å². The lowest BCUT2D eigenvalue weighted by Crippen LogP contribution is -2.50. The molecular weight excluding hydrogens is 194 g/mol. The maximum absolute atomic E-state index is 3.74. The first-order valence-corrected chi connectivity index (χ1v) is 7.50. The van der Waals surface area contributed by atoms with Crippen molar-refractivity contribution < 1.29 is 0 Å². The van der Waals surface area contributed by atoms with E-state index in [0.29, 0.717) is 0 Å². The normalized spacial score (nSPS) is 45.2. The number of unbranched alkanes of at least 4 members (excludes halogenated alkanes) is 1. The molecule has 0 aromatic heterocycles. The third kappa shape index (κ3) is 2.03. The Bertz CT molecular complexity index is 211. The van der Waals surface area contributed by atoms with E-state index in [1.807, 2.05) is 0 Å². The molecule has 4 fully saturated rings. The van der Waals surface area contributed by atoms with Crippen molar-refractivity contribution in [1.82, 2.24) is 5.32 Å². The molecule has 1 nitrogen and oxygen atoms in total. The standard InChI is InChI=1S/C15H27N/c1-2-3-4-16-11-15-8-12-5-13(9-15)7-14(6-12)10-15/h12-14,16H,2-11H2,1H3. The minimum Gasteiger partial charge on any atom is -0.316 e. The van der Waals surface area contributed by atoms with Crippen LogP contribution in [0.15, 0.2) is 0 Å². The zero-order valence-electron chi connectivity index (χ0n) is 10.8. The van der Waals surface area contributed by atoms with Crippen molar-refractivity contribution in [2.75, 3.05) is 13.1 Å². The first-order chi connectivity index (χ1) is 7.80. The molecule has 4 rings (SSSR count). The predicted octanol–water partition coefficient (Wildman–Crippen LogP) is 3.59. The second kappa shape index (κ2) is 4.33. The highest BCUT2D eigenvalue weighted by Crippen LogP contribution is 2.59. The number of rotatable bonds is 5. The largest absolute Gasteiger partial charge is 0.316 e. The molecule has 0 saturated heterocycles. The smallest absolute Gasteiger partial charge is 0.000811 e. The molecule has 0 aliphatic heterocycles. The van der Waals surface area contributed by atoms with E-state index in [0.717, 1.165) is 23.2 Å². The minimum absolute atomic E-state index is 0.739. The van der Waals surface area contributed by atoms with E-state index in [1.54, 1.807) is 38.5 Å². The van der Waals surface area contributed by atoms with Gasteiger partial charge in [0.1, 0.15) is 0 Å². The fraction of sp³-hybridized carbons (Fsp3) is 1.00. The molecular formula is C15H27N. The van der Waals surface area contributed by atoms with Crippen LogP contribution in [0.4, 0.5) is 0 Å². The van der Waals surface area contributed by atoms with Crippen LogP contribution in [0.2, 0.25) is 0 Å². The summed E-state index contributed by atoms with van der Waals surface area (Å²) in [5.74, 6) is 3.33.